The lowest BCUT2D eigenvalue weighted by Gasteiger charge is -2.11. The Bertz CT molecular complexity index is 520. The molecular formula is C15H17NO. The maximum atomic E-state index is 9.67. The van der Waals surface area contributed by atoms with Crippen LogP contribution in [0.2, 0.25) is 0 Å². The minimum Gasteiger partial charge on any atom is -0.508 e. The van der Waals surface area contributed by atoms with Crippen molar-refractivity contribution in [3.8, 4) is 5.75 Å². The van der Waals surface area contributed by atoms with Gasteiger partial charge in [0, 0.05) is 17.8 Å². The molecule has 0 bridgehead atoms. The Balaban J connectivity index is 2.12. The molecule has 0 saturated heterocycles. The lowest BCUT2D eigenvalue weighted by atomic mass is 10.1. The summed E-state index contributed by atoms with van der Waals surface area (Å²) >= 11 is 0. The molecule has 2 heteroatoms. The summed E-state index contributed by atoms with van der Waals surface area (Å²) in [7, 11) is 0. The predicted octanol–water partition coefficient (Wildman–Crippen LogP) is 3.62. The zero-order chi connectivity index (χ0) is 12.3. The third-order valence-corrected chi connectivity index (χ3v) is 2.85. The van der Waals surface area contributed by atoms with Crippen molar-refractivity contribution in [3.05, 3.63) is 59.2 Å². The van der Waals surface area contributed by atoms with Crippen molar-refractivity contribution in [2.45, 2.75) is 20.4 Å². The number of aryl methyl sites for hydroxylation is 2. The molecule has 2 aromatic rings. The first-order valence-corrected chi connectivity index (χ1v) is 5.75. The minimum atomic E-state index is 0.338. The van der Waals surface area contributed by atoms with Crippen molar-refractivity contribution in [3.63, 3.8) is 0 Å². The fourth-order valence-electron chi connectivity index (χ4n) is 1.78. The highest BCUT2D eigenvalue weighted by Crippen LogP contribution is 2.20. The fraction of sp³-hybridized carbons (Fsp3) is 0.200. The van der Waals surface area contributed by atoms with Crippen LogP contribution >= 0.6 is 0 Å². The van der Waals surface area contributed by atoms with E-state index in [4.69, 9.17) is 0 Å². The molecule has 0 aromatic heterocycles. The van der Waals surface area contributed by atoms with Gasteiger partial charge in [-0.25, -0.2) is 0 Å². The lowest BCUT2D eigenvalue weighted by Crippen LogP contribution is -2.01. The van der Waals surface area contributed by atoms with Crippen molar-refractivity contribution in [1.29, 1.82) is 0 Å². The van der Waals surface area contributed by atoms with E-state index in [0.717, 1.165) is 11.3 Å². The van der Waals surface area contributed by atoms with Crippen LogP contribution in [0.1, 0.15) is 16.7 Å². The van der Waals surface area contributed by atoms with Crippen LogP contribution in [0.25, 0.3) is 0 Å². The Morgan fingerprint density at radius 3 is 2.59 bits per heavy atom. The van der Waals surface area contributed by atoms with Crippen molar-refractivity contribution in [2.75, 3.05) is 5.32 Å². The molecule has 0 fully saturated rings. The molecule has 0 radical (unpaired) electrons. The third-order valence-electron chi connectivity index (χ3n) is 2.85. The molecule has 0 amide bonds. The molecule has 0 aliphatic rings. The van der Waals surface area contributed by atoms with Crippen LogP contribution < -0.4 is 5.32 Å². The number of hydrogen-bond acceptors (Lipinski definition) is 2. The van der Waals surface area contributed by atoms with E-state index >= 15 is 0 Å². The molecule has 17 heavy (non-hydrogen) atoms. The second-order valence-electron chi connectivity index (χ2n) is 4.30. The molecule has 88 valence electrons. The highest BCUT2D eigenvalue weighted by atomic mass is 16.3. The largest absolute Gasteiger partial charge is 0.508 e. The number of anilines is 1. The molecule has 0 saturated carbocycles. The fourth-order valence-corrected chi connectivity index (χ4v) is 1.78. The Kier molecular flexibility index (Phi) is 3.33. The second kappa shape index (κ2) is 4.91. The van der Waals surface area contributed by atoms with E-state index in [1.807, 2.05) is 18.2 Å². The standard InChI is InChI=1S/C15H17NO/c1-11-7-8-12(2)14(9-11)16-10-13-5-3-4-6-15(13)17/h3-9,16-17H,10H2,1-2H3. The zero-order valence-electron chi connectivity index (χ0n) is 10.2. The first-order valence-electron chi connectivity index (χ1n) is 5.75. The number of phenols is 1. The highest BCUT2D eigenvalue weighted by Gasteiger charge is 2.01. The number of nitrogens with one attached hydrogen (secondary N) is 1. The van der Waals surface area contributed by atoms with Gasteiger partial charge in [0.1, 0.15) is 5.75 Å². The van der Waals surface area contributed by atoms with Crippen molar-refractivity contribution in [2.24, 2.45) is 0 Å². The number of aromatic hydroxyl groups is 1. The first-order chi connectivity index (χ1) is 8.16. The summed E-state index contributed by atoms with van der Waals surface area (Å²) in [6, 6.07) is 13.7. The quantitative estimate of drug-likeness (QED) is 0.839. The van der Waals surface area contributed by atoms with Gasteiger partial charge in [-0.05, 0) is 37.1 Å². The van der Waals surface area contributed by atoms with Gasteiger partial charge in [-0.3, -0.25) is 0 Å². The second-order valence-corrected chi connectivity index (χ2v) is 4.30. The summed E-state index contributed by atoms with van der Waals surface area (Å²) in [6.45, 7) is 4.79. The van der Waals surface area contributed by atoms with Gasteiger partial charge in [-0.1, -0.05) is 30.3 Å². The van der Waals surface area contributed by atoms with Crippen LogP contribution in [-0.2, 0) is 6.54 Å². The van der Waals surface area contributed by atoms with E-state index < -0.39 is 0 Å². The number of phenolic OH excluding ortho intramolecular Hbond substituents is 1. The Hall–Kier alpha value is -1.96. The summed E-state index contributed by atoms with van der Waals surface area (Å²) in [5, 5.41) is 13.0. The van der Waals surface area contributed by atoms with E-state index in [9.17, 15) is 5.11 Å². The van der Waals surface area contributed by atoms with Crippen LogP contribution in [-0.4, -0.2) is 5.11 Å². The van der Waals surface area contributed by atoms with E-state index in [-0.39, 0.29) is 0 Å². The molecule has 2 nitrogen and oxygen atoms in total. The number of hydrogen-bond donors (Lipinski definition) is 2. The molecule has 2 rings (SSSR count). The maximum absolute atomic E-state index is 9.67. The summed E-state index contributed by atoms with van der Waals surface area (Å²) in [4.78, 5) is 0. The van der Waals surface area contributed by atoms with Gasteiger partial charge in [0.2, 0.25) is 0 Å². The van der Waals surface area contributed by atoms with Gasteiger partial charge >= 0.3 is 0 Å². The SMILES string of the molecule is Cc1ccc(C)c(NCc2ccccc2O)c1. The van der Waals surface area contributed by atoms with Crippen LogP contribution in [0.3, 0.4) is 0 Å². The monoisotopic (exact) mass is 227 g/mol. The first kappa shape index (κ1) is 11.5. The predicted molar refractivity (Wildman–Crippen MR) is 71.3 cm³/mol. The summed E-state index contributed by atoms with van der Waals surface area (Å²) in [6.07, 6.45) is 0. The Morgan fingerprint density at radius 2 is 1.82 bits per heavy atom. The van der Waals surface area contributed by atoms with Crippen molar-refractivity contribution >= 4 is 5.69 Å². The summed E-state index contributed by atoms with van der Waals surface area (Å²) in [5.41, 5.74) is 4.48. The summed E-state index contributed by atoms with van der Waals surface area (Å²) in [5.74, 6) is 0.338. The van der Waals surface area contributed by atoms with Crippen LogP contribution in [0, 0.1) is 13.8 Å². The van der Waals surface area contributed by atoms with Crippen molar-refractivity contribution < 1.29 is 5.11 Å². The number of para-hydroxylation sites is 1. The van der Waals surface area contributed by atoms with Crippen LogP contribution in [0.4, 0.5) is 5.69 Å². The molecule has 2 N–H and O–H groups in total. The molecule has 0 aliphatic carbocycles. The van der Waals surface area contributed by atoms with Crippen molar-refractivity contribution in [1.82, 2.24) is 0 Å². The molecule has 0 heterocycles. The van der Waals surface area contributed by atoms with E-state index in [2.05, 4.69) is 37.4 Å². The molecule has 2 aromatic carbocycles. The van der Waals surface area contributed by atoms with E-state index in [0.29, 0.717) is 12.3 Å². The number of rotatable bonds is 3. The van der Waals surface area contributed by atoms with Gasteiger partial charge in [-0.2, -0.15) is 0 Å². The topological polar surface area (TPSA) is 32.3 Å². The van der Waals surface area contributed by atoms with Crippen LogP contribution in [0.5, 0.6) is 5.75 Å². The smallest absolute Gasteiger partial charge is 0.120 e. The van der Waals surface area contributed by atoms with Crippen LogP contribution in [0.15, 0.2) is 42.5 Å². The molecular weight excluding hydrogens is 210 g/mol. The van der Waals surface area contributed by atoms with E-state index in [1.54, 1.807) is 6.07 Å². The highest BCUT2D eigenvalue weighted by molar-refractivity contribution is 5.53. The number of benzene rings is 2. The van der Waals surface area contributed by atoms with Gasteiger partial charge < -0.3 is 10.4 Å². The van der Waals surface area contributed by atoms with Gasteiger partial charge in [0.15, 0.2) is 0 Å². The molecule has 0 atom stereocenters. The normalized spacial score (nSPS) is 10.2. The average molecular weight is 227 g/mol. The Morgan fingerprint density at radius 1 is 1.06 bits per heavy atom. The Labute approximate surface area is 102 Å². The lowest BCUT2D eigenvalue weighted by molar-refractivity contribution is 0.469. The van der Waals surface area contributed by atoms with Gasteiger partial charge in [0.05, 0.1) is 0 Å². The third kappa shape index (κ3) is 2.78. The summed E-state index contributed by atoms with van der Waals surface area (Å²) < 4.78 is 0. The molecule has 0 unspecified atom stereocenters. The minimum absolute atomic E-state index is 0.338. The van der Waals surface area contributed by atoms with Gasteiger partial charge in [-0.15, -0.1) is 0 Å². The maximum Gasteiger partial charge on any atom is 0.120 e. The van der Waals surface area contributed by atoms with E-state index in [1.165, 1.54) is 11.1 Å². The molecule has 0 aliphatic heterocycles. The molecule has 0 spiro atoms. The average Bonchev–Trinajstić information content (AvgIpc) is 2.32. The van der Waals surface area contributed by atoms with Gasteiger partial charge in [0.25, 0.3) is 0 Å². The zero-order valence-corrected chi connectivity index (χ0v) is 10.2.